The summed E-state index contributed by atoms with van der Waals surface area (Å²) in [4.78, 5) is 16.5. The summed E-state index contributed by atoms with van der Waals surface area (Å²) >= 11 is 0. The Bertz CT molecular complexity index is 927. The Labute approximate surface area is 150 Å². The first-order valence-electron chi connectivity index (χ1n) is 8.47. The van der Waals surface area contributed by atoms with Gasteiger partial charge in [0.25, 0.3) is 5.91 Å². The zero-order valence-electron chi connectivity index (χ0n) is 14.0. The van der Waals surface area contributed by atoms with Gasteiger partial charge in [-0.05, 0) is 66.4 Å². The fourth-order valence-corrected chi connectivity index (χ4v) is 3.22. The molecule has 1 aliphatic carbocycles. The molecule has 0 fully saturated rings. The molecule has 4 rings (SSSR count). The lowest BCUT2D eigenvalue weighted by molar-refractivity contribution is 0.0936. The van der Waals surface area contributed by atoms with Crippen LogP contribution in [0, 0.1) is 5.82 Å². The molecule has 130 valence electrons. The highest BCUT2D eigenvalue weighted by atomic mass is 19.1. The van der Waals surface area contributed by atoms with E-state index in [0.29, 0.717) is 35.5 Å². The minimum atomic E-state index is -0.198. The Kier molecular flexibility index (Phi) is 4.35. The summed E-state index contributed by atoms with van der Waals surface area (Å²) in [5, 5.41) is 2.99. The van der Waals surface area contributed by atoms with Crippen molar-refractivity contribution < 1.29 is 13.9 Å². The minimum absolute atomic E-state index is 0.153. The van der Waals surface area contributed by atoms with Crippen LogP contribution in [0.3, 0.4) is 0 Å². The first kappa shape index (κ1) is 16.3. The van der Waals surface area contributed by atoms with Crippen molar-refractivity contribution in [2.45, 2.75) is 18.9 Å². The number of rotatable bonds is 4. The van der Waals surface area contributed by atoms with Crippen molar-refractivity contribution in [2.24, 2.45) is 0 Å². The van der Waals surface area contributed by atoms with Crippen molar-refractivity contribution >= 4 is 5.91 Å². The van der Waals surface area contributed by atoms with Crippen LogP contribution in [0.2, 0.25) is 0 Å². The van der Waals surface area contributed by atoms with Crippen LogP contribution >= 0.6 is 0 Å². The van der Waals surface area contributed by atoms with Crippen molar-refractivity contribution in [2.75, 3.05) is 0 Å². The third-order valence-corrected chi connectivity index (χ3v) is 4.51. The fraction of sp³-hybridized carbons (Fsp3) is 0.143. The molecule has 0 spiro atoms. The Morgan fingerprint density at radius 2 is 1.92 bits per heavy atom. The van der Waals surface area contributed by atoms with Crippen LogP contribution < -0.4 is 10.1 Å². The largest absolute Gasteiger partial charge is 0.456 e. The molecule has 4 nitrogen and oxygen atoms in total. The Morgan fingerprint density at radius 1 is 1.08 bits per heavy atom. The normalized spacial score (nSPS) is 15.3. The van der Waals surface area contributed by atoms with Crippen molar-refractivity contribution in [1.82, 2.24) is 10.3 Å². The number of nitrogens with one attached hydrogen (secondary N) is 1. The van der Waals surface area contributed by atoms with Crippen molar-refractivity contribution in [3.05, 3.63) is 89.5 Å². The van der Waals surface area contributed by atoms with Gasteiger partial charge >= 0.3 is 0 Å². The molecule has 26 heavy (non-hydrogen) atoms. The van der Waals surface area contributed by atoms with Crippen LogP contribution in [0.5, 0.6) is 11.5 Å². The van der Waals surface area contributed by atoms with Gasteiger partial charge in [0.1, 0.15) is 17.3 Å². The molecular weight excluding hydrogens is 331 g/mol. The molecule has 5 heteroatoms. The number of amides is 1. The molecule has 1 unspecified atom stereocenters. The van der Waals surface area contributed by atoms with Gasteiger partial charge in [-0.1, -0.05) is 12.1 Å². The molecule has 2 aromatic carbocycles. The van der Waals surface area contributed by atoms with Gasteiger partial charge < -0.3 is 10.1 Å². The number of carbonyl (C=O) groups is 1. The van der Waals surface area contributed by atoms with E-state index in [-0.39, 0.29) is 17.8 Å². The molecule has 1 N–H and O–H groups in total. The fourth-order valence-electron chi connectivity index (χ4n) is 3.22. The van der Waals surface area contributed by atoms with Gasteiger partial charge in [0, 0.05) is 11.8 Å². The number of aromatic nitrogens is 1. The van der Waals surface area contributed by atoms with Crippen LogP contribution in [0.1, 0.15) is 33.9 Å². The second-order valence-corrected chi connectivity index (χ2v) is 6.19. The van der Waals surface area contributed by atoms with Crippen LogP contribution in [0.15, 0.2) is 67.0 Å². The summed E-state index contributed by atoms with van der Waals surface area (Å²) in [6.45, 7) is 0. The molecule has 0 bridgehead atoms. The number of hydrogen-bond donors (Lipinski definition) is 1. The number of hydrogen-bond acceptors (Lipinski definition) is 3. The first-order chi connectivity index (χ1) is 12.7. The summed E-state index contributed by atoms with van der Waals surface area (Å²) in [6.07, 6.45) is 4.65. The van der Waals surface area contributed by atoms with E-state index in [1.54, 1.807) is 48.8 Å². The van der Waals surface area contributed by atoms with Crippen molar-refractivity contribution in [1.29, 1.82) is 0 Å². The topological polar surface area (TPSA) is 51.2 Å². The van der Waals surface area contributed by atoms with E-state index in [1.165, 1.54) is 6.07 Å². The zero-order chi connectivity index (χ0) is 17.9. The van der Waals surface area contributed by atoms with Gasteiger partial charge in [-0.3, -0.25) is 9.78 Å². The third kappa shape index (κ3) is 3.28. The predicted octanol–water partition coefficient (Wildman–Crippen LogP) is 4.43. The number of benzene rings is 2. The van der Waals surface area contributed by atoms with E-state index in [1.807, 2.05) is 12.1 Å². The standard InChI is InChI=1S/C21H17FN2O2/c22-19-5-1-4-18-17(19)10-11-20(18)24-21(25)14-6-8-15(9-7-14)26-16-3-2-12-23-13-16/h1-9,12-13,20H,10-11H2,(H,24,25). The van der Waals surface area contributed by atoms with Gasteiger partial charge in [0.15, 0.2) is 0 Å². The predicted molar refractivity (Wildman–Crippen MR) is 95.7 cm³/mol. The molecule has 1 amide bonds. The summed E-state index contributed by atoms with van der Waals surface area (Å²) in [5.74, 6) is 0.883. The lowest BCUT2D eigenvalue weighted by atomic mass is 10.1. The lowest BCUT2D eigenvalue weighted by Crippen LogP contribution is -2.27. The number of ether oxygens (including phenoxy) is 1. The van der Waals surface area contributed by atoms with Crippen LogP contribution in [0.25, 0.3) is 0 Å². The average Bonchev–Trinajstić information content (AvgIpc) is 3.07. The molecule has 1 aromatic heterocycles. The summed E-state index contributed by atoms with van der Waals surface area (Å²) in [6, 6.07) is 15.4. The highest BCUT2D eigenvalue weighted by Crippen LogP contribution is 2.33. The highest BCUT2D eigenvalue weighted by Gasteiger charge is 2.26. The van der Waals surface area contributed by atoms with E-state index in [9.17, 15) is 9.18 Å². The number of nitrogens with zero attached hydrogens (tertiary/aromatic N) is 1. The zero-order valence-corrected chi connectivity index (χ0v) is 14.0. The Hall–Kier alpha value is -3.21. The van der Waals surface area contributed by atoms with E-state index in [0.717, 1.165) is 5.56 Å². The molecule has 0 saturated carbocycles. The van der Waals surface area contributed by atoms with Gasteiger partial charge in [-0.15, -0.1) is 0 Å². The smallest absolute Gasteiger partial charge is 0.251 e. The number of fused-ring (bicyclic) bond motifs is 1. The van der Waals surface area contributed by atoms with Crippen LogP contribution in [-0.2, 0) is 6.42 Å². The molecule has 1 heterocycles. The third-order valence-electron chi connectivity index (χ3n) is 4.51. The number of pyridine rings is 1. The maximum atomic E-state index is 13.8. The van der Waals surface area contributed by atoms with Crippen LogP contribution in [-0.4, -0.2) is 10.9 Å². The van der Waals surface area contributed by atoms with Crippen molar-refractivity contribution in [3.8, 4) is 11.5 Å². The molecule has 0 saturated heterocycles. The minimum Gasteiger partial charge on any atom is -0.456 e. The number of carbonyl (C=O) groups excluding carboxylic acids is 1. The second-order valence-electron chi connectivity index (χ2n) is 6.19. The number of halogens is 1. The van der Waals surface area contributed by atoms with E-state index < -0.39 is 0 Å². The highest BCUT2D eigenvalue weighted by molar-refractivity contribution is 5.94. The SMILES string of the molecule is O=C(NC1CCc2c(F)cccc21)c1ccc(Oc2cccnc2)cc1. The molecule has 0 radical (unpaired) electrons. The molecule has 0 aliphatic heterocycles. The quantitative estimate of drug-likeness (QED) is 0.759. The maximum Gasteiger partial charge on any atom is 0.251 e. The summed E-state index contributed by atoms with van der Waals surface area (Å²) < 4.78 is 19.5. The molecule has 1 atom stereocenters. The monoisotopic (exact) mass is 348 g/mol. The Balaban J connectivity index is 1.44. The van der Waals surface area contributed by atoms with E-state index in [4.69, 9.17) is 4.74 Å². The maximum absolute atomic E-state index is 13.8. The van der Waals surface area contributed by atoms with E-state index >= 15 is 0 Å². The van der Waals surface area contributed by atoms with Gasteiger partial charge in [0.2, 0.25) is 0 Å². The molecule has 3 aromatic rings. The average molecular weight is 348 g/mol. The van der Waals surface area contributed by atoms with Gasteiger partial charge in [-0.25, -0.2) is 4.39 Å². The lowest BCUT2D eigenvalue weighted by Gasteiger charge is -2.14. The van der Waals surface area contributed by atoms with Crippen LogP contribution in [0.4, 0.5) is 4.39 Å². The molecular formula is C21H17FN2O2. The summed E-state index contributed by atoms with van der Waals surface area (Å²) in [5.41, 5.74) is 2.11. The van der Waals surface area contributed by atoms with E-state index in [2.05, 4.69) is 10.3 Å². The molecule has 1 aliphatic rings. The summed E-state index contributed by atoms with van der Waals surface area (Å²) in [7, 11) is 0. The van der Waals surface area contributed by atoms with Gasteiger partial charge in [0.05, 0.1) is 12.2 Å². The van der Waals surface area contributed by atoms with Gasteiger partial charge in [-0.2, -0.15) is 0 Å². The first-order valence-corrected chi connectivity index (χ1v) is 8.47. The van der Waals surface area contributed by atoms with Crippen molar-refractivity contribution in [3.63, 3.8) is 0 Å². The second kappa shape index (κ2) is 6.96. The Morgan fingerprint density at radius 3 is 2.69 bits per heavy atom.